The van der Waals surface area contributed by atoms with Gasteiger partial charge >= 0.3 is 0 Å². The normalized spacial score (nSPS) is 11.1. The number of aliphatic hydroxyl groups excluding tert-OH is 1. The SMILES string of the molecule is CCCCOC.CCNc1ccc(N(CC)Sc2ccc(NC(=O)CO)cc2)cc1N=CC(C)(C)C. The predicted molar refractivity (Wildman–Crippen MR) is 156 cm³/mol. The van der Waals surface area contributed by atoms with E-state index in [-0.39, 0.29) is 5.41 Å². The minimum atomic E-state index is -0.525. The lowest BCUT2D eigenvalue weighted by Gasteiger charge is -2.23. The molecule has 0 spiro atoms. The lowest BCUT2D eigenvalue weighted by atomic mass is 9.99. The summed E-state index contributed by atoms with van der Waals surface area (Å²) in [5, 5.41) is 14.9. The van der Waals surface area contributed by atoms with Crippen molar-refractivity contribution in [2.75, 3.05) is 48.4 Å². The van der Waals surface area contributed by atoms with Crippen molar-refractivity contribution in [2.24, 2.45) is 10.4 Å². The van der Waals surface area contributed by atoms with E-state index in [1.807, 2.05) is 30.5 Å². The highest BCUT2D eigenvalue weighted by Crippen LogP contribution is 2.35. The fourth-order valence-corrected chi connectivity index (χ4v) is 3.76. The maximum Gasteiger partial charge on any atom is 0.250 e. The van der Waals surface area contributed by atoms with Crippen molar-refractivity contribution >= 4 is 46.8 Å². The van der Waals surface area contributed by atoms with Crippen molar-refractivity contribution in [3.63, 3.8) is 0 Å². The van der Waals surface area contributed by atoms with Crippen molar-refractivity contribution < 1.29 is 14.6 Å². The highest BCUT2D eigenvalue weighted by atomic mass is 32.2. The van der Waals surface area contributed by atoms with Gasteiger partial charge in [0, 0.05) is 49.3 Å². The van der Waals surface area contributed by atoms with E-state index in [0.717, 1.165) is 41.7 Å². The average Bonchev–Trinajstić information content (AvgIpc) is 2.86. The summed E-state index contributed by atoms with van der Waals surface area (Å²) in [6.07, 6.45) is 4.40. The summed E-state index contributed by atoms with van der Waals surface area (Å²) in [4.78, 5) is 17.1. The first-order valence-corrected chi connectivity index (χ1v) is 13.3. The van der Waals surface area contributed by atoms with Gasteiger partial charge in [-0.3, -0.25) is 9.79 Å². The number of amides is 1. The molecule has 36 heavy (non-hydrogen) atoms. The van der Waals surface area contributed by atoms with E-state index in [9.17, 15) is 4.79 Å². The number of unbranched alkanes of at least 4 members (excludes halogenated alkanes) is 1. The van der Waals surface area contributed by atoms with Gasteiger partial charge < -0.3 is 24.8 Å². The van der Waals surface area contributed by atoms with E-state index in [1.54, 1.807) is 19.1 Å². The number of nitrogens with one attached hydrogen (secondary N) is 2. The van der Waals surface area contributed by atoms with Crippen molar-refractivity contribution in [1.29, 1.82) is 0 Å². The topological polar surface area (TPSA) is 86.2 Å². The molecule has 7 nitrogen and oxygen atoms in total. The van der Waals surface area contributed by atoms with Gasteiger partial charge in [0.2, 0.25) is 5.91 Å². The molecule has 2 aromatic carbocycles. The Bertz CT molecular complexity index is 923. The van der Waals surface area contributed by atoms with Gasteiger partial charge in [-0.15, -0.1) is 0 Å². The lowest BCUT2D eigenvalue weighted by molar-refractivity contribution is -0.118. The Hall–Kier alpha value is -2.55. The van der Waals surface area contributed by atoms with Crippen LogP contribution in [0, 0.1) is 5.41 Å². The van der Waals surface area contributed by atoms with Crippen LogP contribution in [-0.2, 0) is 9.53 Å². The molecule has 200 valence electrons. The van der Waals surface area contributed by atoms with Crippen molar-refractivity contribution in [3.8, 4) is 0 Å². The van der Waals surface area contributed by atoms with Gasteiger partial charge in [-0.2, -0.15) is 0 Å². The molecule has 0 aliphatic rings. The molecule has 0 aliphatic carbocycles. The number of ether oxygens (including phenoxy) is 1. The molecular weight excluding hydrogens is 472 g/mol. The lowest BCUT2D eigenvalue weighted by Crippen LogP contribution is -2.15. The molecule has 0 saturated heterocycles. The first-order chi connectivity index (χ1) is 17.2. The minimum absolute atomic E-state index is 0.00583. The van der Waals surface area contributed by atoms with Gasteiger partial charge in [0.1, 0.15) is 6.61 Å². The van der Waals surface area contributed by atoms with Gasteiger partial charge in [0.05, 0.1) is 11.4 Å². The molecule has 0 unspecified atom stereocenters. The monoisotopic (exact) mass is 516 g/mol. The van der Waals surface area contributed by atoms with Crippen molar-refractivity contribution in [2.45, 2.75) is 59.3 Å². The molecule has 0 bridgehead atoms. The molecule has 0 radical (unpaired) electrons. The molecule has 0 fully saturated rings. The molecule has 8 heteroatoms. The Balaban J connectivity index is 0.000000960. The Morgan fingerprint density at radius 2 is 1.83 bits per heavy atom. The summed E-state index contributed by atoms with van der Waals surface area (Å²) in [5.41, 5.74) is 3.68. The van der Waals surface area contributed by atoms with Gasteiger partial charge in [-0.1, -0.05) is 34.1 Å². The van der Waals surface area contributed by atoms with Crippen LogP contribution in [0.5, 0.6) is 0 Å². The third kappa shape index (κ3) is 12.4. The summed E-state index contributed by atoms with van der Waals surface area (Å²) in [6.45, 7) is 14.8. The third-order valence-electron chi connectivity index (χ3n) is 4.71. The number of methoxy groups -OCH3 is 1. The smallest absolute Gasteiger partial charge is 0.250 e. The van der Waals surface area contributed by atoms with E-state index in [0.29, 0.717) is 5.69 Å². The second kappa shape index (κ2) is 17.0. The maximum absolute atomic E-state index is 11.3. The fraction of sp³-hybridized carbons (Fsp3) is 0.500. The first kappa shape index (κ1) is 31.5. The van der Waals surface area contributed by atoms with Gasteiger partial charge in [0.15, 0.2) is 0 Å². The summed E-state index contributed by atoms with van der Waals surface area (Å²) < 4.78 is 6.98. The van der Waals surface area contributed by atoms with Crippen molar-refractivity contribution in [1.82, 2.24) is 0 Å². The molecular formula is C28H44N4O3S. The first-order valence-electron chi connectivity index (χ1n) is 12.6. The number of nitrogens with zero attached hydrogens (tertiary/aromatic N) is 2. The average molecular weight is 517 g/mol. The number of aliphatic imine (C=N–C) groups is 1. The van der Waals surface area contributed by atoms with E-state index in [2.05, 4.69) is 74.7 Å². The molecule has 0 aliphatic heterocycles. The van der Waals surface area contributed by atoms with Gasteiger partial charge in [-0.05, 0) is 80.1 Å². The molecule has 0 heterocycles. The standard InChI is InChI=1S/C23H32N4O2S.C5H12O/c1-6-24-20-13-10-18(14-21(20)25-16-23(3,4)5)27(7-2)30-19-11-8-17(9-12-19)26-22(29)15-28;1-3-4-5-6-2/h8-14,16,24,28H,6-7,15H2,1-5H3,(H,26,29);3-5H2,1-2H3. The van der Waals surface area contributed by atoms with E-state index >= 15 is 0 Å². The summed E-state index contributed by atoms with van der Waals surface area (Å²) in [5.74, 6) is -0.422. The quantitative estimate of drug-likeness (QED) is 0.164. The van der Waals surface area contributed by atoms with Gasteiger partial charge in [0.25, 0.3) is 0 Å². The molecule has 0 saturated carbocycles. The van der Waals surface area contributed by atoms with Crippen LogP contribution < -0.4 is 14.9 Å². The summed E-state index contributed by atoms with van der Waals surface area (Å²) in [7, 11) is 1.73. The second-order valence-electron chi connectivity index (χ2n) is 9.22. The number of hydrogen-bond acceptors (Lipinski definition) is 7. The van der Waals surface area contributed by atoms with Crippen LogP contribution in [0.1, 0.15) is 54.4 Å². The van der Waals surface area contributed by atoms with Crippen LogP contribution >= 0.6 is 11.9 Å². The largest absolute Gasteiger partial charge is 0.387 e. The number of benzene rings is 2. The van der Waals surface area contributed by atoms with E-state index in [4.69, 9.17) is 14.8 Å². The number of rotatable bonds is 12. The van der Waals surface area contributed by atoms with Crippen LogP contribution in [0.3, 0.4) is 0 Å². The number of carbonyl (C=O) groups is 1. The highest BCUT2D eigenvalue weighted by molar-refractivity contribution is 8.00. The Morgan fingerprint density at radius 1 is 1.14 bits per heavy atom. The Kier molecular flexibility index (Phi) is 14.9. The van der Waals surface area contributed by atoms with E-state index < -0.39 is 12.5 Å². The number of carbonyl (C=O) groups excluding carboxylic acids is 1. The Labute approximate surface area is 221 Å². The number of aliphatic hydroxyl groups is 1. The molecule has 0 atom stereocenters. The fourth-order valence-electron chi connectivity index (χ4n) is 2.90. The third-order valence-corrected chi connectivity index (χ3v) is 5.89. The van der Waals surface area contributed by atoms with E-state index in [1.165, 1.54) is 12.8 Å². The van der Waals surface area contributed by atoms with Crippen LogP contribution in [0.25, 0.3) is 0 Å². The van der Waals surface area contributed by atoms with Crippen LogP contribution in [0.2, 0.25) is 0 Å². The van der Waals surface area contributed by atoms with Gasteiger partial charge in [-0.25, -0.2) is 0 Å². The number of hydrogen-bond donors (Lipinski definition) is 3. The zero-order valence-corrected chi connectivity index (χ0v) is 23.7. The minimum Gasteiger partial charge on any atom is -0.387 e. The molecule has 2 rings (SSSR count). The summed E-state index contributed by atoms with van der Waals surface area (Å²) >= 11 is 1.63. The Morgan fingerprint density at radius 3 is 2.33 bits per heavy atom. The highest BCUT2D eigenvalue weighted by Gasteiger charge is 2.12. The molecule has 0 aromatic heterocycles. The molecule has 3 N–H and O–H groups in total. The zero-order chi connectivity index (χ0) is 27.0. The maximum atomic E-state index is 11.3. The second-order valence-corrected chi connectivity index (χ2v) is 10.3. The molecule has 1 amide bonds. The van der Waals surface area contributed by atoms with Crippen LogP contribution in [0.4, 0.5) is 22.7 Å². The molecule has 2 aromatic rings. The van der Waals surface area contributed by atoms with Crippen LogP contribution in [-0.4, -0.2) is 50.6 Å². The predicted octanol–water partition coefficient (Wildman–Crippen LogP) is 6.76. The van der Waals surface area contributed by atoms with Crippen LogP contribution in [0.15, 0.2) is 52.4 Å². The summed E-state index contributed by atoms with van der Waals surface area (Å²) in [6, 6.07) is 13.8. The number of anilines is 3. The van der Waals surface area contributed by atoms with Crippen molar-refractivity contribution in [3.05, 3.63) is 42.5 Å². The zero-order valence-electron chi connectivity index (χ0n) is 22.9.